The lowest BCUT2D eigenvalue weighted by Gasteiger charge is -2.19. The van der Waals surface area contributed by atoms with Gasteiger partial charge in [-0.3, -0.25) is 5.32 Å². The maximum absolute atomic E-state index is 11.8. The normalized spacial score (nSPS) is 18.2. The summed E-state index contributed by atoms with van der Waals surface area (Å²) in [4.78, 5) is 12.8. The molecule has 1 N–H and O–H groups in total. The van der Waals surface area contributed by atoms with Gasteiger partial charge in [-0.1, -0.05) is 12.8 Å². The summed E-state index contributed by atoms with van der Waals surface area (Å²) in [6, 6.07) is 2.10. The molecule has 0 aromatic carbocycles. The van der Waals surface area contributed by atoms with Crippen molar-refractivity contribution < 1.29 is 9.53 Å². The van der Waals surface area contributed by atoms with Crippen LogP contribution in [0.3, 0.4) is 0 Å². The Labute approximate surface area is 114 Å². The van der Waals surface area contributed by atoms with Crippen LogP contribution < -0.4 is 5.32 Å². The topological polar surface area (TPSA) is 38.3 Å². The van der Waals surface area contributed by atoms with E-state index in [1.54, 1.807) is 11.3 Å². The molecule has 0 spiro atoms. The standard InChI is InChI=1S/C12H16BrNO2S/c1-16-12(15)11(10-6-8(13)7-17-10)14-9-4-2-3-5-9/h6-7,9,11,14H,2-5H2,1H3. The minimum Gasteiger partial charge on any atom is -0.468 e. The lowest BCUT2D eigenvalue weighted by molar-refractivity contribution is -0.143. The first-order valence-corrected chi connectivity index (χ1v) is 7.46. The summed E-state index contributed by atoms with van der Waals surface area (Å²) in [7, 11) is 1.44. The highest BCUT2D eigenvalue weighted by Gasteiger charge is 2.27. The van der Waals surface area contributed by atoms with E-state index in [2.05, 4.69) is 21.2 Å². The van der Waals surface area contributed by atoms with E-state index in [0.29, 0.717) is 6.04 Å². The van der Waals surface area contributed by atoms with E-state index in [-0.39, 0.29) is 12.0 Å². The predicted molar refractivity (Wildman–Crippen MR) is 72.2 cm³/mol. The predicted octanol–water partition coefficient (Wildman–Crippen LogP) is 3.26. The number of nitrogens with one attached hydrogen (secondary N) is 1. The van der Waals surface area contributed by atoms with Crippen molar-refractivity contribution in [3.8, 4) is 0 Å². The number of methoxy groups -OCH3 is 1. The van der Waals surface area contributed by atoms with Crippen LogP contribution in [0.4, 0.5) is 0 Å². The summed E-state index contributed by atoms with van der Waals surface area (Å²) in [5, 5.41) is 5.40. The molecule has 5 heteroatoms. The molecule has 1 aromatic rings. The van der Waals surface area contributed by atoms with Gasteiger partial charge in [0.25, 0.3) is 0 Å². The van der Waals surface area contributed by atoms with Crippen molar-refractivity contribution in [2.45, 2.75) is 37.8 Å². The fraction of sp³-hybridized carbons (Fsp3) is 0.583. The first kappa shape index (κ1) is 13.1. The quantitative estimate of drug-likeness (QED) is 0.866. The lowest BCUT2D eigenvalue weighted by atomic mass is 10.2. The molecule has 0 aliphatic heterocycles. The molecule has 1 aromatic heterocycles. The lowest BCUT2D eigenvalue weighted by Crippen LogP contribution is -2.35. The van der Waals surface area contributed by atoms with Crippen LogP contribution in [-0.4, -0.2) is 19.1 Å². The van der Waals surface area contributed by atoms with Crippen LogP contribution in [0, 0.1) is 0 Å². The molecule has 1 atom stereocenters. The fourth-order valence-corrected chi connectivity index (χ4v) is 3.68. The van der Waals surface area contributed by atoms with Gasteiger partial charge < -0.3 is 4.74 Å². The van der Waals surface area contributed by atoms with Gasteiger partial charge in [0.1, 0.15) is 6.04 Å². The number of halogens is 1. The number of carbonyl (C=O) groups excluding carboxylic acids is 1. The number of rotatable bonds is 4. The minimum atomic E-state index is -0.320. The maximum atomic E-state index is 11.8. The van der Waals surface area contributed by atoms with E-state index in [0.717, 1.165) is 22.2 Å². The molecular formula is C12H16BrNO2S. The average molecular weight is 318 g/mol. The number of hydrogen-bond donors (Lipinski definition) is 1. The van der Waals surface area contributed by atoms with Crippen molar-refractivity contribution in [3.05, 3.63) is 20.8 Å². The number of esters is 1. The van der Waals surface area contributed by atoms with Crippen LogP contribution in [0.25, 0.3) is 0 Å². The second-order valence-corrected chi connectivity index (χ2v) is 6.13. The van der Waals surface area contributed by atoms with Crippen LogP contribution >= 0.6 is 27.3 Å². The summed E-state index contributed by atoms with van der Waals surface area (Å²) in [6.07, 6.45) is 4.81. The minimum absolute atomic E-state index is 0.203. The van der Waals surface area contributed by atoms with Gasteiger partial charge in [-0.05, 0) is 34.8 Å². The van der Waals surface area contributed by atoms with Crippen molar-refractivity contribution in [1.29, 1.82) is 0 Å². The number of thiophene rings is 1. The summed E-state index contributed by atoms with van der Waals surface area (Å²) < 4.78 is 5.89. The van der Waals surface area contributed by atoms with Gasteiger partial charge in [-0.2, -0.15) is 0 Å². The van der Waals surface area contributed by atoms with Crippen LogP contribution in [0.1, 0.15) is 36.6 Å². The zero-order valence-corrected chi connectivity index (χ0v) is 12.1. The number of carbonyl (C=O) groups is 1. The van der Waals surface area contributed by atoms with Crippen molar-refractivity contribution in [2.24, 2.45) is 0 Å². The highest BCUT2D eigenvalue weighted by Crippen LogP contribution is 2.29. The Bertz CT molecular complexity index is 388. The Balaban J connectivity index is 2.10. The van der Waals surface area contributed by atoms with Gasteiger partial charge in [0, 0.05) is 20.8 Å². The van der Waals surface area contributed by atoms with Gasteiger partial charge >= 0.3 is 5.97 Å². The van der Waals surface area contributed by atoms with E-state index in [4.69, 9.17) is 4.74 Å². The molecular weight excluding hydrogens is 302 g/mol. The molecule has 1 aliphatic rings. The molecule has 0 radical (unpaired) electrons. The zero-order valence-electron chi connectivity index (χ0n) is 9.74. The first-order valence-electron chi connectivity index (χ1n) is 5.78. The van der Waals surface area contributed by atoms with Crippen LogP contribution in [-0.2, 0) is 9.53 Å². The number of ether oxygens (including phenoxy) is 1. The Morgan fingerprint density at radius 3 is 2.82 bits per heavy atom. The molecule has 1 saturated carbocycles. The second kappa shape index (κ2) is 5.98. The van der Waals surface area contributed by atoms with E-state index in [1.165, 1.54) is 20.0 Å². The summed E-state index contributed by atoms with van der Waals surface area (Å²) >= 11 is 4.99. The number of hydrogen-bond acceptors (Lipinski definition) is 4. The molecule has 1 heterocycles. The molecule has 94 valence electrons. The van der Waals surface area contributed by atoms with E-state index < -0.39 is 0 Å². The van der Waals surface area contributed by atoms with E-state index in [1.807, 2.05) is 11.4 Å². The average Bonchev–Trinajstić information content (AvgIpc) is 2.96. The molecule has 0 bridgehead atoms. The zero-order chi connectivity index (χ0) is 12.3. The highest BCUT2D eigenvalue weighted by atomic mass is 79.9. The maximum Gasteiger partial charge on any atom is 0.328 e. The molecule has 1 fully saturated rings. The smallest absolute Gasteiger partial charge is 0.328 e. The molecule has 3 nitrogen and oxygen atoms in total. The summed E-state index contributed by atoms with van der Waals surface area (Å²) in [5.41, 5.74) is 0. The fourth-order valence-electron chi connectivity index (χ4n) is 2.19. The van der Waals surface area contributed by atoms with Crippen molar-refractivity contribution in [3.63, 3.8) is 0 Å². The SMILES string of the molecule is COC(=O)C(NC1CCCC1)c1cc(Br)cs1. The van der Waals surface area contributed by atoms with Crippen molar-refractivity contribution in [2.75, 3.05) is 7.11 Å². The third-order valence-corrected chi connectivity index (χ3v) is 4.83. The van der Waals surface area contributed by atoms with Crippen molar-refractivity contribution in [1.82, 2.24) is 5.32 Å². The third-order valence-electron chi connectivity index (χ3n) is 3.07. The molecule has 2 rings (SSSR count). The van der Waals surface area contributed by atoms with Crippen LogP contribution in [0.2, 0.25) is 0 Å². The Hall–Kier alpha value is -0.390. The molecule has 1 aliphatic carbocycles. The largest absolute Gasteiger partial charge is 0.468 e. The Kier molecular flexibility index (Phi) is 4.59. The van der Waals surface area contributed by atoms with E-state index in [9.17, 15) is 4.79 Å². The molecule has 0 saturated heterocycles. The molecule has 0 amide bonds. The highest BCUT2D eigenvalue weighted by molar-refractivity contribution is 9.10. The van der Waals surface area contributed by atoms with E-state index >= 15 is 0 Å². The van der Waals surface area contributed by atoms with Gasteiger partial charge in [-0.25, -0.2) is 4.79 Å². The third kappa shape index (κ3) is 3.30. The second-order valence-electron chi connectivity index (χ2n) is 4.27. The van der Waals surface area contributed by atoms with Gasteiger partial charge in [-0.15, -0.1) is 11.3 Å². The van der Waals surface area contributed by atoms with Gasteiger partial charge in [0.2, 0.25) is 0 Å². The van der Waals surface area contributed by atoms with Crippen LogP contribution in [0.5, 0.6) is 0 Å². The summed E-state index contributed by atoms with van der Waals surface area (Å²) in [5.74, 6) is -0.203. The Morgan fingerprint density at radius 1 is 1.59 bits per heavy atom. The first-order chi connectivity index (χ1) is 8.20. The van der Waals surface area contributed by atoms with Crippen LogP contribution in [0.15, 0.2) is 15.9 Å². The molecule has 1 unspecified atom stereocenters. The molecule has 17 heavy (non-hydrogen) atoms. The Morgan fingerprint density at radius 2 is 2.29 bits per heavy atom. The van der Waals surface area contributed by atoms with Gasteiger partial charge in [0.05, 0.1) is 7.11 Å². The monoisotopic (exact) mass is 317 g/mol. The van der Waals surface area contributed by atoms with Gasteiger partial charge in [0.15, 0.2) is 0 Å². The van der Waals surface area contributed by atoms with Crippen molar-refractivity contribution >= 4 is 33.2 Å². The summed E-state index contributed by atoms with van der Waals surface area (Å²) in [6.45, 7) is 0.